The first-order valence-corrected chi connectivity index (χ1v) is 8.23. The van der Waals surface area contributed by atoms with E-state index in [2.05, 4.69) is 10.2 Å². The lowest BCUT2D eigenvalue weighted by Gasteiger charge is -2.35. The molecular weight excluding hydrogens is 296 g/mol. The quantitative estimate of drug-likeness (QED) is 0.901. The molecule has 1 N–H and O–H groups in total. The van der Waals surface area contributed by atoms with Gasteiger partial charge < -0.3 is 19.5 Å². The molecule has 0 saturated carbocycles. The molecule has 0 spiro atoms. The molecule has 1 unspecified atom stereocenters. The molecular formula is C17H24N2O4. The molecule has 0 aliphatic carbocycles. The maximum Gasteiger partial charge on any atom is 0.241 e. The van der Waals surface area contributed by atoms with Crippen molar-refractivity contribution in [3.05, 3.63) is 18.2 Å². The summed E-state index contributed by atoms with van der Waals surface area (Å²) in [5.74, 6) is 1.39. The van der Waals surface area contributed by atoms with Gasteiger partial charge >= 0.3 is 0 Å². The van der Waals surface area contributed by atoms with Crippen LogP contribution in [-0.2, 0) is 9.53 Å². The lowest BCUT2D eigenvalue weighted by atomic mass is 10.1. The lowest BCUT2D eigenvalue weighted by molar-refractivity contribution is -0.121. The highest BCUT2D eigenvalue weighted by atomic mass is 16.7. The number of hydrogen-bond donors (Lipinski definition) is 1. The Morgan fingerprint density at radius 1 is 1.35 bits per heavy atom. The number of piperidine rings is 1. The average molecular weight is 320 g/mol. The third kappa shape index (κ3) is 3.76. The summed E-state index contributed by atoms with van der Waals surface area (Å²) in [7, 11) is 0. The predicted molar refractivity (Wildman–Crippen MR) is 86.9 cm³/mol. The summed E-state index contributed by atoms with van der Waals surface area (Å²) in [6, 6.07) is 5.28. The van der Waals surface area contributed by atoms with Crippen LogP contribution in [0.3, 0.4) is 0 Å². The van der Waals surface area contributed by atoms with Crippen molar-refractivity contribution in [1.29, 1.82) is 0 Å². The predicted octanol–water partition coefficient (Wildman–Crippen LogP) is 2.24. The Bertz CT molecular complexity index is 556. The van der Waals surface area contributed by atoms with E-state index in [1.807, 2.05) is 26.0 Å². The number of amides is 1. The molecule has 1 fully saturated rings. The standard InChI is InChI=1S/C17H24N2O4/c1-3-21-14-6-8-19(9-7-14)12(2)17(20)18-13-4-5-15-16(10-13)23-11-22-15/h4-5,10,12,14H,3,6-9,11H2,1-2H3,(H,18,20). The van der Waals surface area contributed by atoms with Gasteiger partial charge in [0.05, 0.1) is 12.1 Å². The summed E-state index contributed by atoms with van der Waals surface area (Å²) in [4.78, 5) is 14.7. The summed E-state index contributed by atoms with van der Waals surface area (Å²) in [6.45, 7) is 6.74. The fraction of sp³-hybridized carbons (Fsp3) is 0.588. The maximum atomic E-state index is 12.5. The molecule has 23 heavy (non-hydrogen) atoms. The molecule has 2 aliphatic heterocycles. The number of anilines is 1. The highest BCUT2D eigenvalue weighted by molar-refractivity contribution is 5.94. The zero-order chi connectivity index (χ0) is 16.2. The van der Waals surface area contributed by atoms with Gasteiger partial charge in [-0.2, -0.15) is 0 Å². The summed E-state index contributed by atoms with van der Waals surface area (Å²) in [5, 5.41) is 2.96. The van der Waals surface area contributed by atoms with Crippen LogP contribution in [0.15, 0.2) is 18.2 Å². The van der Waals surface area contributed by atoms with Crippen molar-refractivity contribution in [2.75, 3.05) is 31.8 Å². The maximum absolute atomic E-state index is 12.5. The molecule has 0 aromatic heterocycles. The fourth-order valence-electron chi connectivity index (χ4n) is 3.05. The molecule has 2 aliphatic rings. The molecule has 6 nitrogen and oxygen atoms in total. The summed E-state index contributed by atoms with van der Waals surface area (Å²) < 4.78 is 16.3. The van der Waals surface area contributed by atoms with Gasteiger partial charge in [0, 0.05) is 31.5 Å². The van der Waals surface area contributed by atoms with Gasteiger partial charge in [0.1, 0.15) is 0 Å². The topological polar surface area (TPSA) is 60.0 Å². The van der Waals surface area contributed by atoms with Gasteiger partial charge in [-0.1, -0.05) is 0 Å². The van der Waals surface area contributed by atoms with Crippen molar-refractivity contribution in [3.63, 3.8) is 0 Å². The van der Waals surface area contributed by atoms with E-state index in [9.17, 15) is 4.79 Å². The van der Waals surface area contributed by atoms with E-state index in [4.69, 9.17) is 14.2 Å². The normalized spacial score (nSPS) is 19.6. The van der Waals surface area contributed by atoms with Gasteiger partial charge in [0.2, 0.25) is 12.7 Å². The lowest BCUT2D eigenvalue weighted by Crippen LogP contribution is -2.47. The summed E-state index contributed by atoms with van der Waals surface area (Å²) in [6.07, 6.45) is 2.30. The molecule has 6 heteroatoms. The summed E-state index contributed by atoms with van der Waals surface area (Å²) in [5.41, 5.74) is 0.732. The van der Waals surface area contributed by atoms with Crippen molar-refractivity contribution in [1.82, 2.24) is 4.90 Å². The van der Waals surface area contributed by atoms with Crippen LogP contribution in [0, 0.1) is 0 Å². The molecule has 0 bridgehead atoms. The third-order valence-electron chi connectivity index (χ3n) is 4.45. The SMILES string of the molecule is CCOC1CCN(C(C)C(=O)Nc2ccc3c(c2)OCO3)CC1. The number of nitrogens with zero attached hydrogens (tertiary/aromatic N) is 1. The Balaban J connectivity index is 1.54. The van der Waals surface area contributed by atoms with Gasteiger partial charge in [-0.3, -0.25) is 9.69 Å². The van der Waals surface area contributed by atoms with Crippen molar-refractivity contribution in [3.8, 4) is 11.5 Å². The van der Waals surface area contributed by atoms with E-state index in [-0.39, 0.29) is 18.7 Å². The first kappa shape index (κ1) is 16.1. The van der Waals surface area contributed by atoms with Crippen LogP contribution >= 0.6 is 0 Å². The van der Waals surface area contributed by atoms with Gasteiger partial charge in [-0.05, 0) is 38.8 Å². The van der Waals surface area contributed by atoms with Crippen LogP contribution in [0.2, 0.25) is 0 Å². The van der Waals surface area contributed by atoms with Gasteiger partial charge in [0.15, 0.2) is 11.5 Å². The van der Waals surface area contributed by atoms with Gasteiger partial charge in [-0.15, -0.1) is 0 Å². The minimum absolute atomic E-state index is 0.00118. The number of ether oxygens (including phenoxy) is 3. The number of hydrogen-bond acceptors (Lipinski definition) is 5. The molecule has 126 valence electrons. The minimum Gasteiger partial charge on any atom is -0.454 e. The largest absolute Gasteiger partial charge is 0.454 e. The van der Waals surface area contributed by atoms with Crippen molar-refractivity contribution < 1.29 is 19.0 Å². The molecule has 3 rings (SSSR count). The Morgan fingerprint density at radius 2 is 2.09 bits per heavy atom. The van der Waals surface area contributed by atoms with E-state index in [0.29, 0.717) is 17.6 Å². The fourth-order valence-corrected chi connectivity index (χ4v) is 3.05. The molecule has 1 aromatic carbocycles. The summed E-state index contributed by atoms with van der Waals surface area (Å²) >= 11 is 0. The molecule has 1 atom stereocenters. The zero-order valence-electron chi connectivity index (χ0n) is 13.7. The van der Waals surface area contributed by atoms with E-state index in [0.717, 1.165) is 38.2 Å². The monoisotopic (exact) mass is 320 g/mol. The molecule has 1 aromatic rings. The second-order valence-corrected chi connectivity index (χ2v) is 5.92. The Hall–Kier alpha value is -1.79. The van der Waals surface area contributed by atoms with E-state index < -0.39 is 0 Å². The van der Waals surface area contributed by atoms with E-state index >= 15 is 0 Å². The highest BCUT2D eigenvalue weighted by Crippen LogP contribution is 2.34. The number of rotatable bonds is 5. The number of likely N-dealkylation sites (tertiary alicyclic amines) is 1. The minimum atomic E-state index is -0.164. The average Bonchev–Trinajstić information content (AvgIpc) is 3.03. The second kappa shape index (κ2) is 7.19. The second-order valence-electron chi connectivity index (χ2n) is 5.92. The van der Waals surface area contributed by atoms with Crippen LogP contribution in [0.1, 0.15) is 26.7 Å². The first-order valence-electron chi connectivity index (χ1n) is 8.23. The van der Waals surface area contributed by atoms with Crippen molar-refractivity contribution in [2.24, 2.45) is 0 Å². The number of carbonyl (C=O) groups is 1. The molecule has 1 amide bonds. The van der Waals surface area contributed by atoms with Crippen LogP contribution in [0.4, 0.5) is 5.69 Å². The number of benzene rings is 1. The number of carbonyl (C=O) groups excluding carboxylic acids is 1. The molecule has 1 saturated heterocycles. The number of nitrogens with one attached hydrogen (secondary N) is 1. The van der Waals surface area contributed by atoms with Crippen LogP contribution in [0.25, 0.3) is 0 Å². The van der Waals surface area contributed by atoms with E-state index in [1.54, 1.807) is 6.07 Å². The zero-order valence-corrected chi connectivity index (χ0v) is 13.7. The third-order valence-corrected chi connectivity index (χ3v) is 4.45. The van der Waals surface area contributed by atoms with Gasteiger partial charge in [-0.25, -0.2) is 0 Å². The first-order chi connectivity index (χ1) is 11.2. The Morgan fingerprint density at radius 3 is 2.83 bits per heavy atom. The highest BCUT2D eigenvalue weighted by Gasteiger charge is 2.27. The smallest absolute Gasteiger partial charge is 0.241 e. The van der Waals surface area contributed by atoms with Crippen LogP contribution < -0.4 is 14.8 Å². The molecule has 2 heterocycles. The van der Waals surface area contributed by atoms with Crippen LogP contribution in [0.5, 0.6) is 11.5 Å². The Labute approximate surface area is 136 Å². The van der Waals surface area contributed by atoms with Crippen molar-refractivity contribution >= 4 is 11.6 Å². The number of fused-ring (bicyclic) bond motifs is 1. The van der Waals surface area contributed by atoms with Crippen LogP contribution in [-0.4, -0.2) is 49.4 Å². The van der Waals surface area contributed by atoms with Crippen molar-refractivity contribution in [2.45, 2.75) is 38.8 Å². The molecule has 0 radical (unpaired) electrons. The van der Waals surface area contributed by atoms with E-state index in [1.165, 1.54) is 0 Å². The Kier molecular flexibility index (Phi) is 5.03. The van der Waals surface area contributed by atoms with Gasteiger partial charge in [0.25, 0.3) is 0 Å².